The van der Waals surface area contributed by atoms with Gasteiger partial charge in [-0.05, 0) is 66.3 Å². The topological polar surface area (TPSA) is 12.0 Å². The van der Waals surface area contributed by atoms with E-state index in [-0.39, 0.29) is 0 Å². The molecule has 0 aliphatic heterocycles. The van der Waals surface area contributed by atoms with Gasteiger partial charge in [0, 0.05) is 12.6 Å². The van der Waals surface area contributed by atoms with E-state index < -0.39 is 0 Å². The van der Waals surface area contributed by atoms with E-state index in [1.165, 1.54) is 27.8 Å². The molecule has 1 N–H and O–H groups in total. The van der Waals surface area contributed by atoms with E-state index in [4.69, 9.17) is 0 Å². The molecule has 0 saturated heterocycles. The van der Waals surface area contributed by atoms with Crippen molar-refractivity contribution in [1.29, 1.82) is 0 Å². The molecule has 0 amide bonds. The van der Waals surface area contributed by atoms with Gasteiger partial charge in [0.05, 0.1) is 0 Å². The largest absolute Gasteiger partial charge is 0.306 e. The molecule has 0 bridgehead atoms. The molecule has 0 aliphatic carbocycles. The van der Waals surface area contributed by atoms with Gasteiger partial charge in [-0.2, -0.15) is 11.3 Å². The Hall–Kier alpha value is -1.12. The summed E-state index contributed by atoms with van der Waals surface area (Å²) in [7, 11) is 0. The highest BCUT2D eigenvalue weighted by Gasteiger charge is 2.07. The molecule has 0 saturated carbocycles. The molecule has 0 spiro atoms. The molecule has 96 valence electrons. The molecule has 1 atom stereocenters. The third-order valence-electron chi connectivity index (χ3n) is 3.59. The summed E-state index contributed by atoms with van der Waals surface area (Å²) in [6.07, 6.45) is 0. The number of hydrogen-bond acceptors (Lipinski definition) is 2. The van der Waals surface area contributed by atoms with Gasteiger partial charge in [0.2, 0.25) is 0 Å². The lowest BCUT2D eigenvalue weighted by Gasteiger charge is -2.15. The monoisotopic (exact) mass is 259 g/mol. The third-order valence-corrected chi connectivity index (χ3v) is 4.50. The summed E-state index contributed by atoms with van der Waals surface area (Å²) < 4.78 is 0. The van der Waals surface area contributed by atoms with Crippen LogP contribution in [0.4, 0.5) is 0 Å². The fourth-order valence-electron chi connectivity index (χ4n) is 1.98. The molecule has 18 heavy (non-hydrogen) atoms. The zero-order valence-corrected chi connectivity index (χ0v) is 12.4. The van der Waals surface area contributed by atoms with Crippen LogP contribution in [0, 0.1) is 20.8 Å². The predicted molar refractivity (Wildman–Crippen MR) is 80.2 cm³/mol. The molecule has 1 aromatic heterocycles. The molecule has 0 fully saturated rings. The Kier molecular flexibility index (Phi) is 4.20. The summed E-state index contributed by atoms with van der Waals surface area (Å²) in [6, 6.07) is 7.11. The smallest absolute Gasteiger partial charge is 0.0295 e. The van der Waals surface area contributed by atoms with Gasteiger partial charge >= 0.3 is 0 Å². The highest BCUT2D eigenvalue weighted by molar-refractivity contribution is 7.08. The van der Waals surface area contributed by atoms with Crippen molar-refractivity contribution >= 4 is 11.3 Å². The van der Waals surface area contributed by atoms with E-state index >= 15 is 0 Å². The maximum absolute atomic E-state index is 3.60. The number of nitrogens with one attached hydrogen (secondary N) is 1. The van der Waals surface area contributed by atoms with Crippen molar-refractivity contribution in [3.05, 3.63) is 56.8 Å². The summed E-state index contributed by atoms with van der Waals surface area (Å²) in [6.45, 7) is 9.68. The van der Waals surface area contributed by atoms with Crippen LogP contribution in [-0.2, 0) is 6.54 Å². The zero-order chi connectivity index (χ0) is 13.1. The van der Waals surface area contributed by atoms with Gasteiger partial charge in [0.25, 0.3) is 0 Å². The first-order valence-corrected chi connectivity index (χ1v) is 7.34. The first-order chi connectivity index (χ1) is 8.58. The normalized spacial score (nSPS) is 12.7. The Morgan fingerprint density at radius 2 is 1.83 bits per heavy atom. The van der Waals surface area contributed by atoms with Crippen molar-refractivity contribution in [3.63, 3.8) is 0 Å². The second-order valence-electron chi connectivity index (χ2n) is 5.03. The van der Waals surface area contributed by atoms with Crippen molar-refractivity contribution in [2.75, 3.05) is 0 Å². The average molecular weight is 259 g/mol. The summed E-state index contributed by atoms with van der Waals surface area (Å²) in [5, 5.41) is 8.03. The Bertz CT molecular complexity index is 528. The van der Waals surface area contributed by atoms with Crippen LogP contribution in [0.2, 0.25) is 0 Å². The van der Waals surface area contributed by atoms with Gasteiger partial charge in [-0.3, -0.25) is 0 Å². The molecule has 1 heterocycles. The van der Waals surface area contributed by atoms with Gasteiger partial charge < -0.3 is 5.32 Å². The van der Waals surface area contributed by atoms with Crippen LogP contribution in [0.5, 0.6) is 0 Å². The number of hydrogen-bond donors (Lipinski definition) is 1. The quantitative estimate of drug-likeness (QED) is 0.851. The van der Waals surface area contributed by atoms with E-state index in [1.807, 2.05) is 0 Å². The molecular formula is C16H21NS. The van der Waals surface area contributed by atoms with E-state index in [0.29, 0.717) is 6.04 Å². The predicted octanol–water partition coefficient (Wildman–Crippen LogP) is 4.52. The lowest BCUT2D eigenvalue weighted by Crippen LogP contribution is -2.18. The lowest BCUT2D eigenvalue weighted by atomic mass is 10.0. The Morgan fingerprint density at radius 1 is 1.06 bits per heavy atom. The maximum Gasteiger partial charge on any atom is 0.0295 e. The lowest BCUT2D eigenvalue weighted by molar-refractivity contribution is 0.574. The maximum atomic E-state index is 3.60. The van der Waals surface area contributed by atoms with Gasteiger partial charge in [-0.25, -0.2) is 0 Å². The fourth-order valence-corrected chi connectivity index (χ4v) is 2.84. The molecule has 1 aromatic carbocycles. The molecule has 2 heteroatoms. The van der Waals surface area contributed by atoms with Crippen molar-refractivity contribution in [3.8, 4) is 0 Å². The second-order valence-corrected chi connectivity index (χ2v) is 5.77. The van der Waals surface area contributed by atoms with E-state index in [0.717, 1.165) is 6.54 Å². The van der Waals surface area contributed by atoms with Gasteiger partial charge in [0.1, 0.15) is 0 Å². The van der Waals surface area contributed by atoms with Crippen LogP contribution < -0.4 is 5.32 Å². The van der Waals surface area contributed by atoms with Crippen LogP contribution in [0.25, 0.3) is 0 Å². The average Bonchev–Trinajstić information content (AvgIpc) is 2.75. The van der Waals surface area contributed by atoms with Crippen LogP contribution >= 0.6 is 11.3 Å². The second kappa shape index (κ2) is 5.68. The first-order valence-electron chi connectivity index (χ1n) is 6.40. The third kappa shape index (κ3) is 3.01. The Balaban J connectivity index is 2.01. The van der Waals surface area contributed by atoms with Crippen molar-refractivity contribution in [2.45, 2.75) is 40.3 Å². The molecule has 1 nitrogen and oxygen atoms in total. The number of benzene rings is 1. The van der Waals surface area contributed by atoms with E-state index in [2.05, 4.69) is 62.0 Å². The summed E-state index contributed by atoms with van der Waals surface area (Å²) >= 11 is 1.78. The minimum absolute atomic E-state index is 0.392. The summed E-state index contributed by atoms with van der Waals surface area (Å²) in [5.74, 6) is 0. The number of thiophene rings is 1. The van der Waals surface area contributed by atoms with E-state index in [1.54, 1.807) is 11.3 Å². The highest BCUT2D eigenvalue weighted by atomic mass is 32.1. The van der Waals surface area contributed by atoms with E-state index in [9.17, 15) is 0 Å². The van der Waals surface area contributed by atoms with Gasteiger partial charge in [-0.15, -0.1) is 0 Å². The number of aryl methyl sites for hydroxylation is 3. The van der Waals surface area contributed by atoms with Crippen molar-refractivity contribution in [1.82, 2.24) is 5.32 Å². The molecule has 0 radical (unpaired) electrons. The van der Waals surface area contributed by atoms with Crippen molar-refractivity contribution < 1.29 is 0 Å². The standard InChI is InChI=1S/C16H21NS/c1-11-5-6-15(7-12(11)2)14(4)17-8-16-10-18-9-13(16)3/h5-7,9-10,14,17H,8H2,1-4H3. The Labute approximate surface area is 114 Å². The first kappa shape index (κ1) is 13.3. The van der Waals surface area contributed by atoms with Crippen LogP contribution in [-0.4, -0.2) is 0 Å². The van der Waals surface area contributed by atoms with Crippen LogP contribution in [0.1, 0.15) is 40.8 Å². The van der Waals surface area contributed by atoms with Crippen molar-refractivity contribution in [2.24, 2.45) is 0 Å². The molecule has 1 unspecified atom stereocenters. The summed E-state index contributed by atoms with van der Waals surface area (Å²) in [5.41, 5.74) is 6.90. The van der Waals surface area contributed by atoms with Gasteiger partial charge in [0.15, 0.2) is 0 Å². The number of rotatable bonds is 4. The highest BCUT2D eigenvalue weighted by Crippen LogP contribution is 2.19. The molecule has 0 aliphatic rings. The molecule has 2 aromatic rings. The molecular weight excluding hydrogens is 238 g/mol. The fraction of sp³-hybridized carbons (Fsp3) is 0.375. The minimum Gasteiger partial charge on any atom is -0.306 e. The zero-order valence-electron chi connectivity index (χ0n) is 11.6. The minimum atomic E-state index is 0.392. The SMILES string of the molecule is Cc1ccc(C(C)NCc2cscc2C)cc1C. The summed E-state index contributed by atoms with van der Waals surface area (Å²) in [4.78, 5) is 0. The van der Waals surface area contributed by atoms with Crippen LogP contribution in [0.3, 0.4) is 0 Å². The van der Waals surface area contributed by atoms with Gasteiger partial charge in [-0.1, -0.05) is 18.2 Å². The Morgan fingerprint density at radius 3 is 2.44 bits per heavy atom. The molecule has 2 rings (SSSR count). The van der Waals surface area contributed by atoms with Crippen LogP contribution in [0.15, 0.2) is 29.0 Å².